The molecular formula is C15H13N3O4S. The van der Waals surface area contributed by atoms with Gasteiger partial charge in [0, 0.05) is 18.3 Å². The van der Waals surface area contributed by atoms with Crippen molar-refractivity contribution in [1.29, 1.82) is 0 Å². The molecule has 0 saturated heterocycles. The van der Waals surface area contributed by atoms with Gasteiger partial charge in [-0.2, -0.15) is 0 Å². The zero-order valence-corrected chi connectivity index (χ0v) is 13.0. The molecule has 2 heterocycles. The molecule has 0 aliphatic carbocycles. The van der Waals surface area contributed by atoms with Crippen LogP contribution in [0.5, 0.6) is 0 Å². The first kappa shape index (κ1) is 15.2. The fourth-order valence-electron chi connectivity index (χ4n) is 2.37. The third-order valence-electron chi connectivity index (χ3n) is 3.48. The number of rotatable bonds is 3. The number of benzene rings is 1. The van der Waals surface area contributed by atoms with E-state index in [1.807, 2.05) is 0 Å². The summed E-state index contributed by atoms with van der Waals surface area (Å²) in [6.07, 6.45) is 3.05. The zero-order valence-electron chi connectivity index (χ0n) is 12.2. The van der Waals surface area contributed by atoms with Crippen molar-refractivity contribution < 1.29 is 18.0 Å². The molecule has 1 aliphatic rings. The highest BCUT2D eigenvalue weighted by molar-refractivity contribution is 7.90. The van der Waals surface area contributed by atoms with Crippen LogP contribution >= 0.6 is 0 Å². The lowest BCUT2D eigenvalue weighted by molar-refractivity contribution is 0.0875. The van der Waals surface area contributed by atoms with Gasteiger partial charge in [0.2, 0.25) is 0 Å². The molecule has 2 amide bonds. The molecule has 1 aliphatic heterocycles. The Morgan fingerprint density at radius 2 is 2.09 bits per heavy atom. The Bertz CT molecular complexity index is 894. The molecule has 0 unspecified atom stereocenters. The minimum atomic E-state index is -3.88. The largest absolute Gasteiger partial charge is 0.321 e. The van der Waals surface area contributed by atoms with Crippen molar-refractivity contribution >= 4 is 27.5 Å². The molecule has 3 rings (SSSR count). The molecule has 118 valence electrons. The molecule has 0 bridgehead atoms. The van der Waals surface area contributed by atoms with Crippen molar-refractivity contribution in [3.05, 3.63) is 53.9 Å². The second-order valence-corrected chi connectivity index (χ2v) is 6.71. The third kappa shape index (κ3) is 2.46. The number of hydrogen-bond acceptors (Lipinski definition) is 5. The smallest absolute Gasteiger partial charge is 0.268 e. The number of nitrogens with one attached hydrogen (secondary N) is 1. The average molecular weight is 331 g/mol. The van der Waals surface area contributed by atoms with Gasteiger partial charge in [-0.25, -0.2) is 12.7 Å². The number of sulfonamides is 1. The minimum absolute atomic E-state index is 0.0487. The van der Waals surface area contributed by atoms with E-state index in [0.29, 0.717) is 5.69 Å². The highest BCUT2D eigenvalue weighted by Gasteiger charge is 2.40. The molecule has 0 spiro atoms. The summed E-state index contributed by atoms with van der Waals surface area (Å²) in [6, 6.07) is 7.35. The summed E-state index contributed by atoms with van der Waals surface area (Å²) in [7, 11) is -3.88. The van der Waals surface area contributed by atoms with Crippen LogP contribution in [0.25, 0.3) is 0 Å². The molecule has 0 saturated carbocycles. The van der Waals surface area contributed by atoms with E-state index in [9.17, 15) is 18.0 Å². The monoisotopic (exact) mass is 331 g/mol. The van der Waals surface area contributed by atoms with Gasteiger partial charge >= 0.3 is 0 Å². The molecular weight excluding hydrogens is 318 g/mol. The lowest BCUT2D eigenvalue weighted by Gasteiger charge is -2.11. The lowest BCUT2D eigenvalue weighted by Crippen LogP contribution is -2.29. The standard InChI is InChI=1S/C15H13N3O4S/c1-2-18-15(20)12-6-5-10(8-13(12)23(18,21)22)14(19)17-11-4-3-7-16-9-11/h3-9H,2H2,1H3,(H,17,19). The molecule has 1 aromatic heterocycles. The van der Waals surface area contributed by atoms with E-state index in [1.54, 1.807) is 25.3 Å². The predicted octanol–water partition coefficient (Wildman–Crippen LogP) is 1.50. The lowest BCUT2D eigenvalue weighted by atomic mass is 10.1. The third-order valence-corrected chi connectivity index (χ3v) is 5.37. The van der Waals surface area contributed by atoms with Gasteiger partial charge in [-0.1, -0.05) is 0 Å². The molecule has 0 atom stereocenters. The normalized spacial score (nSPS) is 15.3. The maximum Gasteiger partial charge on any atom is 0.268 e. The minimum Gasteiger partial charge on any atom is -0.321 e. The molecule has 23 heavy (non-hydrogen) atoms. The van der Waals surface area contributed by atoms with E-state index in [4.69, 9.17) is 0 Å². The van der Waals surface area contributed by atoms with Gasteiger partial charge in [0.25, 0.3) is 21.8 Å². The van der Waals surface area contributed by atoms with Gasteiger partial charge in [0.1, 0.15) is 4.90 Å². The molecule has 2 aromatic rings. The second kappa shape index (κ2) is 5.47. The SMILES string of the molecule is CCN1C(=O)c2ccc(C(=O)Nc3cccnc3)cc2S1(=O)=O. The fraction of sp³-hybridized carbons (Fsp3) is 0.133. The number of anilines is 1. The van der Waals surface area contributed by atoms with Crippen LogP contribution < -0.4 is 5.32 Å². The summed E-state index contributed by atoms with van der Waals surface area (Å²) in [4.78, 5) is 28.0. The van der Waals surface area contributed by atoms with Crippen molar-refractivity contribution in [1.82, 2.24) is 9.29 Å². The van der Waals surface area contributed by atoms with Crippen LogP contribution in [-0.4, -0.2) is 36.1 Å². The average Bonchev–Trinajstić information content (AvgIpc) is 2.74. The van der Waals surface area contributed by atoms with Crippen LogP contribution in [0.4, 0.5) is 5.69 Å². The van der Waals surface area contributed by atoms with E-state index >= 15 is 0 Å². The topological polar surface area (TPSA) is 96.4 Å². The van der Waals surface area contributed by atoms with Crippen LogP contribution in [0.1, 0.15) is 27.6 Å². The maximum atomic E-state index is 12.3. The first-order valence-corrected chi connectivity index (χ1v) is 8.31. The maximum absolute atomic E-state index is 12.3. The van der Waals surface area contributed by atoms with Gasteiger partial charge in [-0.05, 0) is 37.3 Å². The Morgan fingerprint density at radius 3 is 2.74 bits per heavy atom. The van der Waals surface area contributed by atoms with Crippen LogP contribution in [0, 0.1) is 0 Å². The van der Waals surface area contributed by atoms with E-state index in [2.05, 4.69) is 10.3 Å². The molecule has 1 aromatic carbocycles. The molecule has 0 radical (unpaired) electrons. The second-order valence-electron chi connectivity index (χ2n) is 4.88. The number of nitrogens with zero attached hydrogens (tertiary/aromatic N) is 2. The first-order valence-electron chi connectivity index (χ1n) is 6.87. The van der Waals surface area contributed by atoms with Gasteiger partial charge < -0.3 is 5.32 Å². The van der Waals surface area contributed by atoms with Crippen molar-refractivity contribution in [2.75, 3.05) is 11.9 Å². The summed E-state index contributed by atoms with van der Waals surface area (Å²) in [5, 5.41) is 2.62. The Balaban J connectivity index is 1.97. The van der Waals surface area contributed by atoms with Crippen LogP contribution in [0.2, 0.25) is 0 Å². The highest BCUT2D eigenvalue weighted by Crippen LogP contribution is 2.30. The van der Waals surface area contributed by atoms with Crippen molar-refractivity contribution in [2.24, 2.45) is 0 Å². The van der Waals surface area contributed by atoms with Crippen LogP contribution in [0.3, 0.4) is 0 Å². The Morgan fingerprint density at radius 1 is 1.30 bits per heavy atom. The van der Waals surface area contributed by atoms with Gasteiger partial charge in [-0.15, -0.1) is 0 Å². The van der Waals surface area contributed by atoms with E-state index in [1.165, 1.54) is 24.4 Å². The van der Waals surface area contributed by atoms with Gasteiger partial charge in [0.15, 0.2) is 0 Å². The van der Waals surface area contributed by atoms with Crippen molar-refractivity contribution in [3.8, 4) is 0 Å². The van der Waals surface area contributed by atoms with Crippen LogP contribution in [-0.2, 0) is 10.0 Å². The predicted molar refractivity (Wildman–Crippen MR) is 82.5 cm³/mol. The summed E-state index contributed by atoms with van der Waals surface area (Å²) in [6.45, 7) is 1.63. The number of aromatic nitrogens is 1. The van der Waals surface area contributed by atoms with Gasteiger partial charge in [-0.3, -0.25) is 14.6 Å². The summed E-state index contributed by atoms with van der Waals surface area (Å²) < 4.78 is 25.4. The molecule has 7 nitrogen and oxygen atoms in total. The summed E-state index contributed by atoms with van der Waals surface area (Å²) in [5.41, 5.74) is 0.735. The number of fused-ring (bicyclic) bond motifs is 1. The zero-order chi connectivity index (χ0) is 16.6. The fourth-order valence-corrected chi connectivity index (χ4v) is 3.97. The number of carbonyl (C=O) groups is 2. The van der Waals surface area contributed by atoms with Gasteiger partial charge in [0.05, 0.1) is 17.4 Å². The number of hydrogen-bond donors (Lipinski definition) is 1. The molecule has 8 heteroatoms. The van der Waals surface area contributed by atoms with Crippen LogP contribution in [0.15, 0.2) is 47.6 Å². The van der Waals surface area contributed by atoms with E-state index in [0.717, 1.165) is 4.31 Å². The summed E-state index contributed by atoms with van der Waals surface area (Å²) >= 11 is 0. The Kier molecular flexibility index (Phi) is 3.61. The highest BCUT2D eigenvalue weighted by atomic mass is 32.2. The quantitative estimate of drug-likeness (QED) is 0.919. The van der Waals surface area contributed by atoms with E-state index < -0.39 is 21.8 Å². The number of pyridine rings is 1. The first-order chi connectivity index (χ1) is 10.9. The van der Waals surface area contributed by atoms with Crippen molar-refractivity contribution in [3.63, 3.8) is 0 Å². The molecule has 1 N–H and O–H groups in total. The van der Waals surface area contributed by atoms with E-state index in [-0.39, 0.29) is 22.6 Å². The Hall–Kier alpha value is -2.74. The Labute approximate surface area is 133 Å². The van der Waals surface area contributed by atoms with Crippen molar-refractivity contribution in [2.45, 2.75) is 11.8 Å². The number of amides is 2. The summed E-state index contributed by atoms with van der Waals surface area (Å²) in [5.74, 6) is -1.04. The number of carbonyl (C=O) groups excluding carboxylic acids is 2. The molecule has 0 fully saturated rings.